The molecule has 39 heavy (non-hydrogen) atoms. The summed E-state index contributed by atoms with van der Waals surface area (Å²) in [5.41, 5.74) is 4.45. The van der Waals surface area contributed by atoms with E-state index < -0.39 is 18.6 Å². The number of nitrogens with one attached hydrogen (secondary N) is 2. The van der Waals surface area contributed by atoms with Crippen LogP contribution in [0.2, 0.25) is 5.02 Å². The summed E-state index contributed by atoms with van der Waals surface area (Å²) in [7, 11) is 0. The molecular weight excluding hydrogens is 518 g/mol. The number of fused-ring (bicyclic) bond motifs is 1. The molecule has 0 saturated carbocycles. The predicted octanol–water partition coefficient (Wildman–Crippen LogP) is 3.89. The number of rotatable bonds is 8. The van der Waals surface area contributed by atoms with Gasteiger partial charge in [0.05, 0.1) is 29.6 Å². The first kappa shape index (κ1) is 27.1. The van der Waals surface area contributed by atoms with Crippen molar-refractivity contribution in [2.45, 2.75) is 51.4 Å². The van der Waals surface area contributed by atoms with Crippen molar-refractivity contribution in [3.05, 3.63) is 75.9 Å². The number of ether oxygens (including phenoxy) is 1. The highest BCUT2D eigenvalue weighted by atomic mass is 35.5. The van der Waals surface area contributed by atoms with E-state index in [1.807, 2.05) is 50.2 Å². The average Bonchev–Trinajstić information content (AvgIpc) is 3.26. The van der Waals surface area contributed by atoms with E-state index in [0.717, 1.165) is 29.5 Å². The third kappa shape index (κ3) is 5.90. The number of hydrogen-bond acceptors (Lipinski definition) is 7. The van der Waals surface area contributed by atoms with Crippen molar-refractivity contribution >= 4 is 29.4 Å². The van der Waals surface area contributed by atoms with Crippen LogP contribution < -0.4 is 10.6 Å². The second-order valence-electron chi connectivity index (χ2n) is 10.1. The molecule has 0 bridgehead atoms. The number of aryl methyl sites for hydroxylation is 1. The van der Waals surface area contributed by atoms with E-state index in [2.05, 4.69) is 20.6 Å². The molecule has 1 fully saturated rings. The van der Waals surface area contributed by atoms with Crippen LogP contribution in [-0.4, -0.2) is 63.7 Å². The Balaban J connectivity index is 1.33. The Kier molecular flexibility index (Phi) is 8.11. The van der Waals surface area contributed by atoms with E-state index in [4.69, 9.17) is 16.3 Å². The smallest absolute Gasteiger partial charge is 0.255 e. The van der Waals surface area contributed by atoms with E-state index in [9.17, 15) is 14.7 Å². The largest absolute Gasteiger partial charge is 0.394 e. The third-order valence-electron chi connectivity index (χ3n) is 7.27. The summed E-state index contributed by atoms with van der Waals surface area (Å²) in [6, 6.07) is 12.2. The Morgan fingerprint density at radius 1 is 1.23 bits per heavy atom. The van der Waals surface area contributed by atoms with E-state index in [-0.39, 0.29) is 24.5 Å². The number of halogens is 1. The number of nitrogens with zero attached hydrogens (tertiary/aromatic N) is 3. The zero-order valence-corrected chi connectivity index (χ0v) is 22.7. The minimum absolute atomic E-state index is 0.220. The number of aliphatic hydroxyl groups excluding tert-OH is 1. The van der Waals surface area contributed by atoms with Gasteiger partial charge in [0, 0.05) is 36.9 Å². The lowest BCUT2D eigenvalue weighted by molar-refractivity contribution is -0.127. The van der Waals surface area contributed by atoms with Gasteiger partial charge in [-0.25, -0.2) is 9.97 Å². The van der Waals surface area contributed by atoms with Gasteiger partial charge in [-0.2, -0.15) is 0 Å². The molecule has 5 rings (SSSR count). The Labute approximate surface area is 232 Å². The first-order valence-electron chi connectivity index (χ1n) is 13.1. The maximum absolute atomic E-state index is 13.4. The highest BCUT2D eigenvalue weighted by molar-refractivity contribution is 6.33. The molecule has 3 aromatic rings. The predicted molar refractivity (Wildman–Crippen MR) is 148 cm³/mol. The van der Waals surface area contributed by atoms with Crippen LogP contribution in [0.25, 0.3) is 11.3 Å². The molecule has 3 heterocycles. The monoisotopic (exact) mass is 549 g/mol. The summed E-state index contributed by atoms with van der Waals surface area (Å²) in [5.74, 6) is -0.264. The molecule has 1 aromatic heterocycles. The SMILES string of the molecule is Cc1cccc(C(C)NC(=O)C(CO)N2Cc3ccc(-c4nc(NC5CCOCC5)ncc4Cl)cc3C2=O)c1. The van der Waals surface area contributed by atoms with Crippen LogP contribution in [0.4, 0.5) is 5.95 Å². The van der Waals surface area contributed by atoms with Crippen LogP contribution >= 0.6 is 11.6 Å². The number of aliphatic hydroxyl groups is 1. The molecule has 2 amide bonds. The summed E-state index contributed by atoms with van der Waals surface area (Å²) >= 11 is 6.46. The van der Waals surface area contributed by atoms with Gasteiger partial charge in [-0.15, -0.1) is 0 Å². The minimum atomic E-state index is -1.02. The second kappa shape index (κ2) is 11.7. The molecule has 0 radical (unpaired) electrons. The highest BCUT2D eigenvalue weighted by Gasteiger charge is 2.37. The topological polar surface area (TPSA) is 117 Å². The summed E-state index contributed by atoms with van der Waals surface area (Å²) in [4.78, 5) is 36.9. The number of carbonyl (C=O) groups excluding carboxylic acids is 2. The van der Waals surface area contributed by atoms with Crippen molar-refractivity contribution < 1.29 is 19.4 Å². The Hall–Kier alpha value is -3.53. The Morgan fingerprint density at radius 3 is 2.77 bits per heavy atom. The summed E-state index contributed by atoms with van der Waals surface area (Å²) in [6.45, 7) is 4.99. The number of hydrogen-bond donors (Lipinski definition) is 3. The van der Waals surface area contributed by atoms with Gasteiger partial charge < -0.3 is 25.4 Å². The maximum Gasteiger partial charge on any atom is 0.255 e. The molecule has 0 spiro atoms. The maximum atomic E-state index is 13.4. The summed E-state index contributed by atoms with van der Waals surface area (Å²) < 4.78 is 5.42. The average molecular weight is 550 g/mol. The number of aromatic nitrogens is 2. The van der Waals surface area contributed by atoms with E-state index in [1.54, 1.807) is 12.3 Å². The van der Waals surface area contributed by atoms with Gasteiger partial charge in [-0.05, 0) is 43.9 Å². The normalized spacial score (nSPS) is 17.0. The van der Waals surface area contributed by atoms with Crippen LogP contribution in [0.5, 0.6) is 0 Å². The third-order valence-corrected chi connectivity index (χ3v) is 7.54. The lowest BCUT2D eigenvalue weighted by Gasteiger charge is -2.27. The molecule has 204 valence electrons. The summed E-state index contributed by atoms with van der Waals surface area (Å²) in [6.07, 6.45) is 3.29. The van der Waals surface area contributed by atoms with Crippen molar-refractivity contribution in [2.24, 2.45) is 0 Å². The molecular formula is C29H32ClN5O4. The molecule has 1 saturated heterocycles. The van der Waals surface area contributed by atoms with Crippen molar-refractivity contribution in [1.82, 2.24) is 20.2 Å². The number of anilines is 1. The fraction of sp³-hybridized carbons (Fsp3) is 0.379. The lowest BCUT2D eigenvalue weighted by atomic mass is 10.0. The lowest BCUT2D eigenvalue weighted by Crippen LogP contribution is -2.49. The zero-order chi connectivity index (χ0) is 27.5. The molecule has 3 N–H and O–H groups in total. The zero-order valence-electron chi connectivity index (χ0n) is 22.0. The van der Waals surface area contributed by atoms with Gasteiger partial charge in [0.2, 0.25) is 11.9 Å². The van der Waals surface area contributed by atoms with Gasteiger partial charge in [0.15, 0.2) is 0 Å². The number of amides is 2. The fourth-order valence-electron chi connectivity index (χ4n) is 5.04. The molecule has 0 aliphatic carbocycles. The second-order valence-corrected chi connectivity index (χ2v) is 10.5. The number of benzene rings is 2. The molecule has 10 heteroatoms. The quantitative estimate of drug-likeness (QED) is 0.390. The first-order valence-corrected chi connectivity index (χ1v) is 13.5. The van der Waals surface area contributed by atoms with E-state index >= 15 is 0 Å². The van der Waals surface area contributed by atoms with E-state index in [1.165, 1.54) is 4.90 Å². The van der Waals surface area contributed by atoms with E-state index in [0.29, 0.717) is 41.0 Å². The molecule has 2 aliphatic heterocycles. The number of carbonyl (C=O) groups is 2. The van der Waals surface area contributed by atoms with Gasteiger partial charge in [0.25, 0.3) is 5.91 Å². The van der Waals surface area contributed by atoms with Crippen LogP contribution in [-0.2, 0) is 16.1 Å². The van der Waals surface area contributed by atoms with Crippen molar-refractivity contribution in [3.63, 3.8) is 0 Å². The van der Waals surface area contributed by atoms with Gasteiger partial charge in [-0.3, -0.25) is 9.59 Å². The van der Waals surface area contributed by atoms with Crippen LogP contribution in [0, 0.1) is 6.92 Å². The van der Waals surface area contributed by atoms with Gasteiger partial charge in [0.1, 0.15) is 6.04 Å². The minimum Gasteiger partial charge on any atom is -0.394 e. The van der Waals surface area contributed by atoms with Crippen molar-refractivity contribution in [1.29, 1.82) is 0 Å². The van der Waals surface area contributed by atoms with Crippen LogP contribution in [0.3, 0.4) is 0 Å². The molecule has 2 aliphatic rings. The van der Waals surface area contributed by atoms with Crippen LogP contribution in [0.15, 0.2) is 48.7 Å². The standard InChI is InChI=1S/C29H32ClN5O4/c1-17-4-3-5-19(12-17)18(2)32-27(37)25(16-36)35-15-21-7-6-20(13-23(21)28(35)38)26-24(30)14-31-29(34-26)33-22-8-10-39-11-9-22/h3-7,12-14,18,22,25,36H,8-11,15-16H2,1-2H3,(H,32,37)(H,31,33,34). The molecule has 9 nitrogen and oxygen atoms in total. The fourth-order valence-corrected chi connectivity index (χ4v) is 5.24. The highest BCUT2D eigenvalue weighted by Crippen LogP contribution is 2.32. The summed E-state index contributed by atoms with van der Waals surface area (Å²) in [5, 5.41) is 16.8. The van der Waals surface area contributed by atoms with Crippen molar-refractivity contribution in [2.75, 3.05) is 25.1 Å². The van der Waals surface area contributed by atoms with Crippen molar-refractivity contribution in [3.8, 4) is 11.3 Å². The molecule has 2 atom stereocenters. The molecule has 2 aromatic carbocycles. The Morgan fingerprint density at radius 2 is 2.03 bits per heavy atom. The van der Waals surface area contributed by atoms with Crippen LogP contribution in [0.1, 0.15) is 52.9 Å². The first-order chi connectivity index (χ1) is 18.8. The molecule has 2 unspecified atom stereocenters. The van der Waals surface area contributed by atoms with Gasteiger partial charge >= 0.3 is 0 Å². The Bertz CT molecular complexity index is 1380. The van der Waals surface area contributed by atoms with Gasteiger partial charge in [-0.1, -0.05) is 53.6 Å².